The van der Waals surface area contributed by atoms with Crippen LogP contribution >= 0.6 is 0 Å². The third-order valence-corrected chi connectivity index (χ3v) is 3.63. The van der Waals surface area contributed by atoms with E-state index in [-0.39, 0.29) is 5.82 Å². The van der Waals surface area contributed by atoms with E-state index < -0.39 is 0 Å². The molecule has 1 aromatic heterocycles. The van der Waals surface area contributed by atoms with Gasteiger partial charge in [-0.15, -0.1) is 0 Å². The molecule has 1 aliphatic heterocycles. The molecule has 1 aliphatic carbocycles. The average molecular weight is 265 g/mol. The van der Waals surface area contributed by atoms with Crippen LogP contribution in [0.1, 0.15) is 24.8 Å². The molecule has 0 atom stereocenters. The van der Waals surface area contributed by atoms with Gasteiger partial charge >= 0.3 is 0 Å². The van der Waals surface area contributed by atoms with Crippen molar-refractivity contribution < 1.29 is 9.13 Å². The number of aromatic nitrogens is 1. The van der Waals surface area contributed by atoms with E-state index in [9.17, 15) is 4.39 Å². The van der Waals surface area contributed by atoms with Crippen LogP contribution in [-0.2, 0) is 11.3 Å². The van der Waals surface area contributed by atoms with Gasteiger partial charge < -0.3 is 15.0 Å². The zero-order chi connectivity index (χ0) is 13.1. The number of hydrogen-bond acceptors (Lipinski definition) is 4. The summed E-state index contributed by atoms with van der Waals surface area (Å²) in [5, 5.41) is 3.35. The Kier molecular flexibility index (Phi) is 3.94. The third-order valence-electron chi connectivity index (χ3n) is 3.63. The summed E-state index contributed by atoms with van der Waals surface area (Å²) in [4.78, 5) is 6.20. The Morgan fingerprint density at radius 3 is 3.11 bits per heavy atom. The summed E-state index contributed by atoms with van der Waals surface area (Å²) >= 11 is 0. The highest BCUT2D eigenvalue weighted by atomic mass is 19.1. The summed E-state index contributed by atoms with van der Waals surface area (Å²) < 4.78 is 19.9. The van der Waals surface area contributed by atoms with Crippen LogP contribution in [0.3, 0.4) is 0 Å². The molecule has 1 N–H and O–H groups in total. The van der Waals surface area contributed by atoms with Crippen LogP contribution in [0.15, 0.2) is 12.3 Å². The number of nitrogens with zero attached hydrogens (tertiary/aromatic N) is 2. The lowest BCUT2D eigenvalue weighted by Crippen LogP contribution is -2.28. The van der Waals surface area contributed by atoms with Gasteiger partial charge in [0.05, 0.1) is 6.61 Å². The van der Waals surface area contributed by atoms with Crippen molar-refractivity contribution in [3.63, 3.8) is 0 Å². The van der Waals surface area contributed by atoms with E-state index >= 15 is 0 Å². The van der Waals surface area contributed by atoms with Gasteiger partial charge in [0, 0.05) is 44.0 Å². The van der Waals surface area contributed by atoms with Crippen molar-refractivity contribution in [2.45, 2.75) is 31.8 Å². The van der Waals surface area contributed by atoms with Crippen molar-refractivity contribution in [2.24, 2.45) is 0 Å². The Bertz CT molecular complexity index is 429. The minimum atomic E-state index is -0.183. The van der Waals surface area contributed by atoms with Crippen molar-refractivity contribution in [3.05, 3.63) is 23.6 Å². The fraction of sp³-hybridized carbons (Fsp3) is 0.643. The van der Waals surface area contributed by atoms with Gasteiger partial charge in [-0.1, -0.05) is 0 Å². The predicted molar refractivity (Wildman–Crippen MR) is 71.7 cm³/mol. The van der Waals surface area contributed by atoms with Crippen molar-refractivity contribution in [2.75, 3.05) is 31.2 Å². The van der Waals surface area contributed by atoms with E-state index in [4.69, 9.17) is 4.74 Å². The van der Waals surface area contributed by atoms with Crippen LogP contribution in [-0.4, -0.2) is 37.3 Å². The van der Waals surface area contributed by atoms with E-state index in [1.54, 1.807) is 12.3 Å². The molecule has 4 nitrogen and oxygen atoms in total. The molecule has 1 saturated heterocycles. The van der Waals surface area contributed by atoms with Crippen LogP contribution in [0, 0.1) is 5.82 Å². The molecule has 19 heavy (non-hydrogen) atoms. The fourth-order valence-electron chi connectivity index (χ4n) is 2.33. The maximum atomic E-state index is 14.5. The molecule has 0 unspecified atom stereocenters. The van der Waals surface area contributed by atoms with E-state index in [1.165, 1.54) is 12.8 Å². The standard InChI is InChI=1S/C14H20FN3O/c15-13-11(10-17-12-2-3-12)4-5-16-14(13)18-6-1-8-19-9-7-18/h4-5,12,17H,1-3,6-10H2. The number of nitrogens with one attached hydrogen (secondary N) is 1. The van der Waals surface area contributed by atoms with Crippen LogP contribution in [0.5, 0.6) is 0 Å². The first-order valence-corrected chi connectivity index (χ1v) is 7.04. The minimum absolute atomic E-state index is 0.183. The number of rotatable bonds is 4. The van der Waals surface area contributed by atoms with E-state index in [0.29, 0.717) is 37.1 Å². The highest BCUT2D eigenvalue weighted by Gasteiger charge is 2.22. The Morgan fingerprint density at radius 1 is 1.37 bits per heavy atom. The predicted octanol–water partition coefficient (Wildman–Crippen LogP) is 1.70. The number of anilines is 1. The van der Waals surface area contributed by atoms with Gasteiger partial charge in [-0.05, 0) is 25.3 Å². The monoisotopic (exact) mass is 265 g/mol. The molecule has 0 aromatic carbocycles. The smallest absolute Gasteiger partial charge is 0.170 e. The molecule has 0 bridgehead atoms. The molecule has 1 aromatic rings. The molecule has 0 spiro atoms. The zero-order valence-corrected chi connectivity index (χ0v) is 11.1. The third kappa shape index (κ3) is 3.22. The van der Waals surface area contributed by atoms with Crippen molar-refractivity contribution in [3.8, 4) is 0 Å². The maximum absolute atomic E-state index is 14.5. The molecule has 0 amide bonds. The maximum Gasteiger partial charge on any atom is 0.170 e. The highest BCUT2D eigenvalue weighted by Crippen LogP contribution is 2.23. The SMILES string of the molecule is Fc1c(CNC2CC2)ccnc1N1CCCOCC1. The molecular weight excluding hydrogens is 245 g/mol. The number of pyridine rings is 1. The van der Waals surface area contributed by atoms with E-state index in [2.05, 4.69) is 10.3 Å². The Labute approximate surface area is 113 Å². The zero-order valence-electron chi connectivity index (χ0n) is 11.1. The number of halogens is 1. The van der Waals surface area contributed by atoms with Gasteiger partial charge in [0.25, 0.3) is 0 Å². The second-order valence-electron chi connectivity index (χ2n) is 5.22. The normalized spacial score (nSPS) is 20.4. The Hall–Kier alpha value is -1.20. The summed E-state index contributed by atoms with van der Waals surface area (Å²) in [6, 6.07) is 2.35. The lowest BCUT2D eigenvalue weighted by atomic mass is 10.2. The van der Waals surface area contributed by atoms with Gasteiger partial charge in [-0.25, -0.2) is 9.37 Å². The second kappa shape index (κ2) is 5.84. The number of ether oxygens (including phenoxy) is 1. The van der Waals surface area contributed by atoms with Crippen LogP contribution in [0.4, 0.5) is 10.2 Å². The molecule has 2 heterocycles. The topological polar surface area (TPSA) is 37.4 Å². The van der Waals surface area contributed by atoms with Crippen molar-refractivity contribution >= 4 is 5.82 Å². The molecule has 5 heteroatoms. The summed E-state index contributed by atoms with van der Waals surface area (Å²) in [7, 11) is 0. The minimum Gasteiger partial charge on any atom is -0.380 e. The second-order valence-corrected chi connectivity index (χ2v) is 5.22. The molecule has 2 aliphatic rings. The molecule has 2 fully saturated rings. The summed E-state index contributed by atoms with van der Waals surface area (Å²) in [6.07, 6.45) is 5.05. The van der Waals surface area contributed by atoms with Gasteiger partial charge in [-0.2, -0.15) is 0 Å². The first-order valence-electron chi connectivity index (χ1n) is 7.04. The molecule has 1 saturated carbocycles. The average Bonchev–Trinajstić information content (AvgIpc) is 3.25. The molecule has 3 rings (SSSR count). The highest BCUT2D eigenvalue weighted by molar-refractivity contribution is 5.43. The van der Waals surface area contributed by atoms with Gasteiger partial charge in [0.1, 0.15) is 0 Å². The van der Waals surface area contributed by atoms with E-state index in [1.807, 2.05) is 4.90 Å². The Morgan fingerprint density at radius 2 is 2.26 bits per heavy atom. The summed E-state index contributed by atoms with van der Waals surface area (Å²) in [6.45, 7) is 3.51. The molecule has 104 valence electrons. The van der Waals surface area contributed by atoms with Gasteiger partial charge in [0.2, 0.25) is 0 Å². The molecular formula is C14H20FN3O. The van der Waals surface area contributed by atoms with Crippen molar-refractivity contribution in [1.82, 2.24) is 10.3 Å². The van der Waals surface area contributed by atoms with Crippen LogP contribution in [0.2, 0.25) is 0 Å². The summed E-state index contributed by atoms with van der Waals surface area (Å²) in [5.41, 5.74) is 0.710. The summed E-state index contributed by atoms with van der Waals surface area (Å²) in [5.74, 6) is 0.290. The van der Waals surface area contributed by atoms with Crippen LogP contribution < -0.4 is 10.2 Å². The lowest BCUT2D eigenvalue weighted by molar-refractivity contribution is 0.152. The van der Waals surface area contributed by atoms with E-state index in [0.717, 1.165) is 19.6 Å². The Balaban J connectivity index is 1.73. The quantitative estimate of drug-likeness (QED) is 0.899. The largest absolute Gasteiger partial charge is 0.380 e. The fourth-order valence-corrected chi connectivity index (χ4v) is 2.33. The van der Waals surface area contributed by atoms with Gasteiger partial charge in [-0.3, -0.25) is 0 Å². The van der Waals surface area contributed by atoms with Crippen LogP contribution in [0.25, 0.3) is 0 Å². The van der Waals surface area contributed by atoms with Gasteiger partial charge in [0.15, 0.2) is 11.6 Å². The first kappa shape index (κ1) is 12.8. The lowest BCUT2D eigenvalue weighted by Gasteiger charge is -2.22. The molecule has 0 radical (unpaired) electrons. The van der Waals surface area contributed by atoms with Crippen molar-refractivity contribution in [1.29, 1.82) is 0 Å². The number of hydrogen-bond donors (Lipinski definition) is 1. The first-order chi connectivity index (χ1) is 9.34.